The molecule has 0 saturated carbocycles. The maximum absolute atomic E-state index is 13.4. The molecule has 11 heteroatoms. The fourth-order valence-electron chi connectivity index (χ4n) is 4.88. The lowest BCUT2D eigenvalue weighted by atomic mass is 9.96. The maximum Gasteiger partial charge on any atom is 0.419 e. The topological polar surface area (TPSA) is 117 Å². The first-order valence-corrected chi connectivity index (χ1v) is 14.1. The second-order valence-electron chi connectivity index (χ2n) is 12.3. The van der Waals surface area contributed by atoms with Crippen LogP contribution in [0.5, 0.6) is 0 Å². The Hall–Kier alpha value is -4.54. The summed E-state index contributed by atoms with van der Waals surface area (Å²) in [7, 11) is 1.26. The second kappa shape index (κ2) is 12.4. The van der Waals surface area contributed by atoms with E-state index in [1.807, 2.05) is 30.3 Å². The molecule has 1 saturated heterocycles. The molecule has 0 N–H and O–H groups in total. The van der Waals surface area contributed by atoms with E-state index in [9.17, 15) is 19.2 Å². The molecule has 1 atom stereocenters. The molecule has 2 amide bonds. The van der Waals surface area contributed by atoms with Gasteiger partial charge >= 0.3 is 24.2 Å². The van der Waals surface area contributed by atoms with Gasteiger partial charge in [-0.25, -0.2) is 19.2 Å². The quantitative estimate of drug-likeness (QED) is 0.262. The van der Waals surface area contributed by atoms with Gasteiger partial charge in [-0.3, -0.25) is 9.47 Å². The summed E-state index contributed by atoms with van der Waals surface area (Å²) in [5.74, 6) is -0.640. The molecule has 11 nitrogen and oxygen atoms in total. The lowest BCUT2D eigenvalue weighted by Crippen LogP contribution is -2.53. The van der Waals surface area contributed by atoms with E-state index in [1.165, 1.54) is 17.9 Å². The SMILES string of the molecule is COC(=O)c1ccc(C2CN(C(=O)OCc3ccccc3)CCN2C(=O)OC(C)(C)C)c2ccn(C(=O)OC(C)(C)C)c12. The van der Waals surface area contributed by atoms with Crippen LogP contribution in [0.1, 0.15) is 69.1 Å². The molecule has 43 heavy (non-hydrogen) atoms. The molecule has 1 unspecified atom stereocenters. The highest BCUT2D eigenvalue weighted by molar-refractivity contribution is 6.07. The number of carbonyl (C=O) groups is 4. The van der Waals surface area contributed by atoms with E-state index < -0.39 is 41.5 Å². The molecule has 1 fully saturated rings. The number of hydrogen-bond donors (Lipinski definition) is 0. The van der Waals surface area contributed by atoms with Gasteiger partial charge in [0, 0.05) is 31.2 Å². The summed E-state index contributed by atoms with van der Waals surface area (Å²) >= 11 is 0. The Kier molecular flexibility index (Phi) is 9.03. The smallest absolute Gasteiger partial charge is 0.419 e. The van der Waals surface area contributed by atoms with Crippen molar-refractivity contribution in [2.45, 2.75) is 65.4 Å². The first kappa shape index (κ1) is 31.4. The molecule has 3 aromatic rings. The van der Waals surface area contributed by atoms with E-state index >= 15 is 0 Å². The van der Waals surface area contributed by atoms with Gasteiger partial charge < -0.3 is 23.8 Å². The Morgan fingerprint density at radius 2 is 1.47 bits per heavy atom. The molecule has 0 bridgehead atoms. The van der Waals surface area contributed by atoms with E-state index in [4.69, 9.17) is 18.9 Å². The van der Waals surface area contributed by atoms with Crippen LogP contribution in [0.25, 0.3) is 10.9 Å². The van der Waals surface area contributed by atoms with Crippen LogP contribution in [0.15, 0.2) is 54.7 Å². The molecular weight excluding hydrogens is 554 g/mol. The number of fused-ring (bicyclic) bond motifs is 1. The maximum atomic E-state index is 13.4. The van der Waals surface area contributed by atoms with Gasteiger partial charge in [-0.05, 0) is 64.8 Å². The largest absolute Gasteiger partial charge is 0.465 e. The average Bonchev–Trinajstić information content (AvgIpc) is 3.39. The van der Waals surface area contributed by atoms with E-state index in [2.05, 4.69) is 0 Å². The minimum absolute atomic E-state index is 0.0944. The Balaban J connectivity index is 1.75. The molecule has 1 aliphatic heterocycles. The lowest BCUT2D eigenvalue weighted by molar-refractivity contribution is -0.00345. The average molecular weight is 594 g/mol. The van der Waals surface area contributed by atoms with Crippen LogP contribution in [0.3, 0.4) is 0 Å². The van der Waals surface area contributed by atoms with Crippen LogP contribution in [0.2, 0.25) is 0 Å². The Morgan fingerprint density at radius 3 is 2.09 bits per heavy atom. The Bertz CT molecular complexity index is 1500. The highest BCUT2D eigenvalue weighted by atomic mass is 16.6. The molecule has 0 spiro atoms. The second-order valence-corrected chi connectivity index (χ2v) is 12.3. The predicted octanol–water partition coefficient (Wildman–Crippen LogP) is 6.14. The van der Waals surface area contributed by atoms with Crippen molar-refractivity contribution in [2.75, 3.05) is 26.7 Å². The molecule has 2 aromatic carbocycles. The van der Waals surface area contributed by atoms with E-state index in [1.54, 1.807) is 69.5 Å². The minimum atomic E-state index is -0.784. The lowest BCUT2D eigenvalue weighted by Gasteiger charge is -2.41. The number of aromatic nitrogens is 1. The summed E-state index contributed by atoms with van der Waals surface area (Å²) in [6.45, 7) is 11.2. The van der Waals surface area contributed by atoms with Crippen molar-refractivity contribution in [1.82, 2.24) is 14.4 Å². The van der Waals surface area contributed by atoms with Crippen molar-refractivity contribution < 1.29 is 38.1 Å². The zero-order chi connectivity index (χ0) is 31.5. The number of ether oxygens (including phenoxy) is 4. The molecule has 0 aliphatic carbocycles. The molecule has 2 heterocycles. The summed E-state index contributed by atoms with van der Waals surface area (Å²) in [5, 5.41) is 0.520. The van der Waals surface area contributed by atoms with E-state index in [0.29, 0.717) is 10.9 Å². The van der Waals surface area contributed by atoms with Gasteiger partial charge in [-0.2, -0.15) is 0 Å². The number of hydrogen-bond acceptors (Lipinski definition) is 8. The summed E-state index contributed by atoms with van der Waals surface area (Å²) in [6, 6.07) is 13.6. The van der Waals surface area contributed by atoms with Crippen LogP contribution in [0, 0.1) is 0 Å². The first-order valence-electron chi connectivity index (χ1n) is 14.1. The van der Waals surface area contributed by atoms with Crippen molar-refractivity contribution in [1.29, 1.82) is 0 Å². The number of methoxy groups -OCH3 is 1. The fourth-order valence-corrected chi connectivity index (χ4v) is 4.88. The van der Waals surface area contributed by atoms with Gasteiger partial charge in [0.2, 0.25) is 0 Å². The normalized spacial score (nSPS) is 15.7. The van der Waals surface area contributed by atoms with Gasteiger partial charge in [-0.1, -0.05) is 36.4 Å². The summed E-state index contributed by atoms with van der Waals surface area (Å²) < 4.78 is 23.2. The standard InChI is InChI=1S/C32H39N3O8/c1-31(2,3)42-29(38)34-18-17-33(28(37)41-20-21-11-9-8-10-12-21)19-25(34)22-13-14-24(27(36)40-7)26-23(22)15-16-35(26)30(39)43-32(4,5)6/h8-16,25H,17-20H2,1-7H3. The van der Waals surface area contributed by atoms with Gasteiger partial charge in [0.1, 0.15) is 17.8 Å². The van der Waals surface area contributed by atoms with E-state index in [-0.39, 0.29) is 37.3 Å². The third-order valence-electron chi connectivity index (χ3n) is 6.71. The zero-order valence-electron chi connectivity index (χ0n) is 25.7. The third kappa shape index (κ3) is 7.46. The summed E-state index contributed by atoms with van der Waals surface area (Å²) in [6.07, 6.45) is -0.233. The molecule has 1 aliphatic rings. The van der Waals surface area contributed by atoms with Crippen molar-refractivity contribution >= 4 is 35.2 Å². The highest BCUT2D eigenvalue weighted by Crippen LogP contribution is 2.35. The molecule has 4 rings (SSSR count). The predicted molar refractivity (Wildman–Crippen MR) is 159 cm³/mol. The van der Waals surface area contributed by atoms with Crippen molar-refractivity contribution in [3.8, 4) is 0 Å². The van der Waals surface area contributed by atoms with Crippen molar-refractivity contribution in [3.63, 3.8) is 0 Å². The monoisotopic (exact) mass is 593 g/mol. The van der Waals surface area contributed by atoms with Crippen LogP contribution in [-0.4, -0.2) is 76.6 Å². The van der Waals surface area contributed by atoms with Gasteiger partial charge in [0.05, 0.1) is 24.2 Å². The van der Waals surface area contributed by atoms with Crippen LogP contribution in [0.4, 0.5) is 14.4 Å². The fraction of sp³-hybridized carbons (Fsp3) is 0.438. The number of piperazine rings is 1. The third-order valence-corrected chi connectivity index (χ3v) is 6.71. The molecule has 230 valence electrons. The summed E-state index contributed by atoms with van der Waals surface area (Å²) in [5.41, 5.74) is 0.341. The van der Waals surface area contributed by atoms with Gasteiger partial charge in [0.25, 0.3) is 0 Å². The van der Waals surface area contributed by atoms with Crippen LogP contribution < -0.4 is 0 Å². The van der Waals surface area contributed by atoms with Crippen LogP contribution in [-0.2, 0) is 25.6 Å². The summed E-state index contributed by atoms with van der Waals surface area (Å²) in [4.78, 5) is 55.7. The number of benzene rings is 2. The van der Waals surface area contributed by atoms with E-state index in [0.717, 1.165) is 5.56 Å². The highest BCUT2D eigenvalue weighted by Gasteiger charge is 2.38. The number of nitrogens with zero attached hydrogens (tertiary/aromatic N) is 3. The van der Waals surface area contributed by atoms with Crippen molar-refractivity contribution in [3.05, 3.63) is 71.4 Å². The first-order chi connectivity index (χ1) is 20.2. The van der Waals surface area contributed by atoms with Gasteiger partial charge in [-0.15, -0.1) is 0 Å². The number of esters is 1. The zero-order valence-corrected chi connectivity index (χ0v) is 25.7. The van der Waals surface area contributed by atoms with Crippen LogP contribution >= 0.6 is 0 Å². The van der Waals surface area contributed by atoms with Gasteiger partial charge in [0.15, 0.2) is 0 Å². The molecular formula is C32H39N3O8. The molecule has 1 aromatic heterocycles. The number of rotatable bonds is 4. The molecule has 0 radical (unpaired) electrons. The Morgan fingerprint density at radius 1 is 0.814 bits per heavy atom. The number of amides is 2. The Labute approximate surface area is 251 Å². The number of carbonyl (C=O) groups excluding carboxylic acids is 4. The van der Waals surface area contributed by atoms with Crippen molar-refractivity contribution in [2.24, 2.45) is 0 Å². The minimum Gasteiger partial charge on any atom is -0.465 e.